The average Bonchev–Trinajstić information content (AvgIpc) is 2.84. The van der Waals surface area contributed by atoms with E-state index in [-0.39, 0.29) is 5.92 Å². The number of rotatable bonds is 3. The van der Waals surface area contributed by atoms with E-state index in [0.717, 1.165) is 25.3 Å². The van der Waals surface area contributed by atoms with E-state index in [1.807, 2.05) is 19.0 Å². The van der Waals surface area contributed by atoms with Crippen molar-refractivity contribution in [2.45, 2.75) is 31.3 Å². The van der Waals surface area contributed by atoms with Crippen LogP contribution >= 0.6 is 0 Å². The quantitative estimate of drug-likeness (QED) is 0.902. The maximum absolute atomic E-state index is 13.7. The van der Waals surface area contributed by atoms with Crippen LogP contribution in [0.25, 0.3) is 0 Å². The van der Waals surface area contributed by atoms with E-state index in [4.69, 9.17) is 0 Å². The Morgan fingerprint density at radius 1 is 1.27 bits per heavy atom. The van der Waals surface area contributed by atoms with Crippen LogP contribution in [0.4, 0.5) is 8.78 Å². The zero-order valence-electron chi connectivity index (χ0n) is 13.0. The van der Waals surface area contributed by atoms with Gasteiger partial charge in [-0.25, -0.2) is 4.39 Å². The number of fused-ring (bicyclic) bond motifs is 2. The van der Waals surface area contributed by atoms with E-state index in [9.17, 15) is 19.0 Å². The van der Waals surface area contributed by atoms with Gasteiger partial charge in [0.15, 0.2) is 17.4 Å². The molecule has 0 aliphatic heterocycles. The van der Waals surface area contributed by atoms with E-state index in [1.165, 1.54) is 6.07 Å². The number of benzene rings is 1. The normalized spacial score (nSPS) is 34.4. The molecule has 2 aliphatic carbocycles. The Hall–Kier alpha value is -1.20. The van der Waals surface area contributed by atoms with Gasteiger partial charge in [0.05, 0.1) is 5.60 Å². The van der Waals surface area contributed by atoms with Crippen molar-refractivity contribution in [1.29, 1.82) is 0 Å². The molecule has 2 N–H and O–H groups in total. The summed E-state index contributed by atoms with van der Waals surface area (Å²) in [5.41, 5.74) is -0.909. The van der Waals surface area contributed by atoms with E-state index < -0.39 is 23.0 Å². The Morgan fingerprint density at radius 3 is 2.64 bits per heavy atom. The Morgan fingerprint density at radius 2 is 2.00 bits per heavy atom. The van der Waals surface area contributed by atoms with Gasteiger partial charge in [-0.1, -0.05) is 6.42 Å². The number of nitrogens with zero attached hydrogens (tertiary/aromatic N) is 1. The van der Waals surface area contributed by atoms with Gasteiger partial charge in [0, 0.05) is 12.5 Å². The summed E-state index contributed by atoms with van der Waals surface area (Å²) in [4.78, 5) is 2.02. The number of phenols is 1. The number of hydrogen-bond donors (Lipinski definition) is 2. The molecule has 122 valence electrons. The lowest BCUT2D eigenvalue weighted by Crippen LogP contribution is -2.47. The first kappa shape index (κ1) is 15.7. The highest BCUT2D eigenvalue weighted by Gasteiger charge is 2.51. The zero-order chi connectivity index (χ0) is 16.1. The van der Waals surface area contributed by atoms with Crippen molar-refractivity contribution in [3.8, 4) is 5.75 Å². The summed E-state index contributed by atoms with van der Waals surface area (Å²) in [7, 11) is 3.90. The van der Waals surface area contributed by atoms with Gasteiger partial charge in [-0.15, -0.1) is 0 Å². The van der Waals surface area contributed by atoms with Gasteiger partial charge >= 0.3 is 0 Å². The first-order valence-corrected chi connectivity index (χ1v) is 7.87. The van der Waals surface area contributed by atoms with Crippen LogP contribution in [0.15, 0.2) is 12.1 Å². The third kappa shape index (κ3) is 2.50. The fourth-order valence-electron chi connectivity index (χ4n) is 4.50. The number of aliphatic hydroxyl groups is 1. The highest BCUT2D eigenvalue weighted by atomic mass is 19.2. The monoisotopic (exact) mass is 311 g/mol. The van der Waals surface area contributed by atoms with Crippen LogP contribution in [0.2, 0.25) is 0 Å². The molecule has 0 aromatic heterocycles. The van der Waals surface area contributed by atoms with Gasteiger partial charge in [-0.2, -0.15) is 4.39 Å². The summed E-state index contributed by atoms with van der Waals surface area (Å²) in [6, 6.07) is 2.23. The van der Waals surface area contributed by atoms with Crippen LogP contribution in [0.1, 0.15) is 31.2 Å². The molecule has 2 saturated carbocycles. The van der Waals surface area contributed by atoms with Gasteiger partial charge < -0.3 is 15.1 Å². The van der Waals surface area contributed by atoms with Crippen molar-refractivity contribution in [3.05, 3.63) is 29.3 Å². The van der Waals surface area contributed by atoms with E-state index in [0.29, 0.717) is 30.4 Å². The largest absolute Gasteiger partial charge is 0.505 e. The number of halogens is 2. The van der Waals surface area contributed by atoms with Crippen molar-refractivity contribution in [2.75, 3.05) is 20.6 Å². The van der Waals surface area contributed by atoms with Gasteiger partial charge in [0.25, 0.3) is 0 Å². The van der Waals surface area contributed by atoms with Gasteiger partial charge in [0.1, 0.15) is 0 Å². The summed E-state index contributed by atoms with van der Waals surface area (Å²) < 4.78 is 27.1. The fourth-order valence-corrected chi connectivity index (χ4v) is 4.50. The van der Waals surface area contributed by atoms with Crippen molar-refractivity contribution in [1.82, 2.24) is 4.90 Å². The minimum atomic E-state index is -1.25. The van der Waals surface area contributed by atoms with Crippen LogP contribution in [-0.4, -0.2) is 35.8 Å². The molecule has 1 aromatic carbocycles. The summed E-state index contributed by atoms with van der Waals surface area (Å²) in [5, 5.41) is 21.0. The van der Waals surface area contributed by atoms with Crippen molar-refractivity contribution in [2.24, 2.45) is 17.8 Å². The molecule has 2 bridgehead atoms. The molecule has 3 rings (SSSR count). The second-order valence-corrected chi connectivity index (χ2v) is 7.23. The molecule has 1 aromatic rings. The standard InChI is InChI=1S/C17H23F2NO2/c1-20(2)9-13-11-4-3-10(5-11)8-17(13,22)12-6-14(18)16(19)15(21)7-12/h6-7,10-11,13,21-22H,3-5,8-9H2,1-2H3/t10?,11?,13-,17-/m0/s1. The first-order valence-electron chi connectivity index (χ1n) is 7.87. The third-order valence-corrected chi connectivity index (χ3v) is 5.43. The van der Waals surface area contributed by atoms with Crippen molar-refractivity contribution >= 4 is 0 Å². The molecule has 2 fully saturated rings. The smallest absolute Gasteiger partial charge is 0.200 e. The van der Waals surface area contributed by atoms with Crippen LogP contribution in [-0.2, 0) is 5.60 Å². The summed E-state index contributed by atoms with van der Waals surface area (Å²) in [5.74, 6) is -2.32. The van der Waals surface area contributed by atoms with Crippen molar-refractivity contribution < 1.29 is 19.0 Å². The molecule has 5 heteroatoms. The lowest BCUT2D eigenvalue weighted by Gasteiger charge is -2.45. The molecule has 22 heavy (non-hydrogen) atoms. The second kappa shape index (κ2) is 5.46. The molecular weight excluding hydrogens is 288 g/mol. The number of phenolic OH excluding ortho intramolecular Hbond substituents is 1. The number of aromatic hydroxyl groups is 1. The molecule has 0 amide bonds. The molecule has 2 unspecified atom stereocenters. The first-order chi connectivity index (χ1) is 10.3. The minimum Gasteiger partial charge on any atom is -0.505 e. The summed E-state index contributed by atoms with van der Waals surface area (Å²) >= 11 is 0. The maximum Gasteiger partial charge on any atom is 0.200 e. The fraction of sp³-hybridized carbons (Fsp3) is 0.647. The molecule has 4 atom stereocenters. The molecule has 0 spiro atoms. The van der Waals surface area contributed by atoms with Crippen LogP contribution in [0.3, 0.4) is 0 Å². The topological polar surface area (TPSA) is 43.7 Å². The molecule has 0 heterocycles. The van der Waals surface area contributed by atoms with Gasteiger partial charge in [0.2, 0.25) is 0 Å². The molecule has 0 radical (unpaired) electrons. The SMILES string of the molecule is CN(C)C[C@H]1C2CCC(C2)C[C@]1(O)c1cc(O)c(F)c(F)c1. The maximum atomic E-state index is 13.7. The minimum absolute atomic E-state index is 0.0366. The Bertz CT molecular complexity index is 555. The molecule has 2 aliphatic rings. The van der Waals surface area contributed by atoms with Crippen LogP contribution < -0.4 is 0 Å². The predicted molar refractivity (Wildman–Crippen MR) is 79.4 cm³/mol. The Kier molecular flexibility index (Phi) is 3.89. The van der Waals surface area contributed by atoms with Crippen molar-refractivity contribution in [3.63, 3.8) is 0 Å². The zero-order valence-corrected chi connectivity index (χ0v) is 13.0. The second-order valence-electron chi connectivity index (χ2n) is 7.23. The van der Waals surface area contributed by atoms with Gasteiger partial charge in [-0.05, 0) is 62.9 Å². The summed E-state index contributed by atoms with van der Waals surface area (Å²) in [6.45, 7) is 0.688. The lowest BCUT2D eigenvalue weighted by molar-refractivity contribution is -0.0894. The highest BCUT2D eigenvalue weighted by Crippen LogP contribution is 2.54. The van der Waals surface area contributed by atoms with Crippen LogP contribution in [0, 0.1) is 29.4 Å². The Labute approximate surface area is 129 Å². The van der Waals surface area contributed by atoms with Gasteiger partial charge in [-0.3, -0.25) is 0 Å². The van der Waals surface area contributed by atoms with Crippen LogP contribution in [0.5, 0.6) is 5.75 Å². The molecule has 3 nitrogen and oxygen atoms in total. The Balaban J connectivity index is 2.04. The third-order valence-electron chi connectivity index (χ3n) is 5.43. The lowest BCUT2D eigenvalue weighted by atomic mass is 9.66. The van der Waals surface area contributed by atoms with E-state index in [1.54, 1.807) is 0 Å². The van der Waals surface area contributed by atoms with E-state index in [2.05, 4.69) is 0 Å². The average molecular weight is 311 g/mol. The molecule has 0 saturated heterocycles. The highest BCUT2D eigenvalue weighted by molar-refractivity contribution is 5.35. The summed E-state index contributed by atoms with van der Waals surface area (Å²) in [6.07, 6.45) is 3.79. The molecular formula is C17H23F2NO2. The van der Waals surface area contributed by atoms with E-state index >= 15 is 0 Å². The predicted octanol–water partition coefficient (Wildman–Crippen LogP) is 2.86. The number of hydrogen-bond acceptors (Lipinski definition) is 3.